The second-order valence-corrected chi connectivity index (χ2v) is 9.47. The van der Waals surface area contributed by atoms with E-state index in [1.807, 2.05) is 12.1 Å². The minimum atomic E-state index is -0.191. The van der Waals surface area contributed by atoms with E-state index in [-0.39, 0.29) is 18.1 Å². The first kappa shape index (κ1) is 26.3. The van der Waals surface area contributed by atoms with E-state index in [0.717, 1.165) is 31.4 Å². The van der Waals surface area contributed by atoms with Gasteiger partial charge in [-0.25, -0.2) is 4.68 Å². The van der Waals surface area contributed by atoms with Crippen molar-refractivity contribution in [1.82, 2.24) is 25.1 Å². The number of benzene rings is 2. The number of tetrazole rings is 1. The van der Waals surface area contributed by atoms with Gasteiger partial charge in [0.05, 0.1) is 35.0 Å². The Morgan fingerprint density at radius 1 is 1.22 bits per heavy atom. The molecule has 0 spiro atoms. The highest BCUT2D eigenvalue weighted by molar-refractivity contribution is 6.42. The van der Waals surface area contributed by atoms with E-state index in [4.69, 9.17) is 37.4 Å². The van der Waals surface area contributed by atoms with Crippen LogP contribution in [0.1, 0.15) is 47.5 Å². The van der Waals surface area contributed by atoms with Gasteiger partial charge in [-0.1, -0.05) is 29.3 Å². The first-order valence-corrected chi connectivity index (χ1v) is 12.6. The number of aromatic nitrogens is 4. The number of amides is 1. The Hall–Kier alpha value is -2.72. The summed E-state index contributed by atoms with van der Waals surface area (Å²) >= 11 is 12.5. The summed E-state index contributed by atoms with van der Waals surface area (Å²) in [6.45, 7) is 1.66. The molecule has 1 saturated heterocycles. The van der Waals surface area contributed by atoms with Gasteiger partial charge in [0.25, 0.3) is 5.91 Å². The lowest BCUT2D eigenvalue weighted by atomic mass is 9.95. The molecule has 1 aromatic heterocycles. The van der Waals surface area contributed by atoms with Crippen molar-refractivity contribution in [2.45, 2.75) is 37.9 Å². The molecule has 1 amide bonds. The quantitative estimate of drug-likeness (QED) is 0.370. The molecular weight excluding hydrogens is 505 g/mol. The highest BCUT2D eigenvalue weighted by Gasteiger charge is 2.23. The van der Waals surface area contributed by atoms with Crippen LogP contribution in [0.25, 0.3) is 5.69 Å². The van der Waals surface area contributed by atoms with Gasteiger partial charge in [-0.05, 0) is 72.0 Å². The number of ether oxygens (including phenoxy) is 3. The third-order valence-corrected chi connectivity index (χ3v) is 6.93. The van der Waals surface area contributed by atoms with E-state index in [9.17, 15) is 4.79 Å². The molecule has 0 aliphatic carbocycles. The molecule has 2 atom stereocenters. The number of hydrogen-bond acceptors (Lipinski definition) is 7. The summed E-state index contributed by atoms with van der Waals surface area (Å²) in [6.07, 6.45) is 5.03. The van der Waals surface area contributed by atoms with Crippen LogP contribution in [0.3, 0.4) is 0 Å². The lowest BCUT2D eigenvalue weighted by Gasteiger charge is -2.27. The Bertz CT molecular complexity index is 1160. The summed E-state index contributed by atoms with van der Waals surface area (Å²) in [5.41, 5.74) is 2.04. The van der Waals surface area contributed by atoms with Crippen molar-refractivity contribution in [1.29, 1.82) is 0 Å². The van der Waals surface area contributed by atoms with Crippen LogP contribution in [0.5, 0.6) is 5.75 Å². The Morgan fingerprint density at radius 3 is 2.78 bits per heavy atom. The highest BCUT2D eigenvalue weighted by atomic mass is 35.5. The molecule has 0 saturated carbocycles. The molecule has 3 aromatic rings. The van der Waals surface area contributed by atoms with Gasteiger partial charge in [0.1, 0.15) is 12.1 Å². The standard InChI is InChI=1S/C25H29Cl2N5O4/c1-31(25(33)20-14-19(7-9-23(20)34-2)32-16-28-29-30-32)15-18(17-6-8-21(26)22(27)13-17)10-12-36-24-5-3-4-11-35-24/h6-9,13-14,16,18,24H,3-5,10-12,15H2,1-2H3. The monoisotopic (exact) mass is 533 g/mol. The van der Waals surface area contributed by atoms with Gasteiger partial charge in [-0.15, -0.1) is 5.10 Å². The van der Waals surface area contributed by atoms with Gasteiger partial charge in [-0.2, -0.15) is 0 Å². The Balaban J connectivity index is 1.51. The number of carbonyl (C=O) groups excluding carboxylic acids is 1. The van der Waals surface area contributed by atoms with Gasteiger partial charge in [0.2, 0.25) is 0 Å². The second kappa shape index (κ2) is 12.5. The van der Waals surface area contributed by atoms with Crippen molar-refractivity contribution in [2.24, 2.45) is 0 Å². The fourth-order valence-corrected chi connectivity index (χ4v) is 4.52. The van der Waals surface area contributed by atoms with Crippen LogP contribution >= 0.6 is 23.2 Å². The summed E-state index contributed by atoms with van der Waals surface area (Å²) in [6, 6.07) is 10.8. The Kier molecular flexibility index (Phi) is 9.14. The molecule has 11 heteroatoms. The van der Waals surface area contributed by atoms with Crippen molar-refractivity contribution in [3.8, 4) is 11.4 Å². The first-order valence-electron chi connectivity index (χ1n) is 11.8. The summed E-state index contributed by atoms with van der Waals surface area (Å²) in [4.78, 5) is 15.2. The summed E-state index contributed by atoms with van der Waals surface area (Å²) < 4.78 is 18.6. The van der Waals surface area contributed by atoms with Crippen molar-refractivity contribution in [2.75, 3.05) is 33.9 Å². The van der Waals surface area contributed by atoms with E-state index in [1.54, 1.807) is 36.2 Å². The number of likely N-dealkylation sites (N-methyl/N-ethyl adjacent to an activating group) is 1. The van der Waals surface area contributed by atoms with Crippen molar-refractivity contribution in [3.63, 3.8) is 0 Å². The maximum Gasteiger partial charge on any atom is 0.257 e. The molecule has 1 aliphatic heterocycles. The van der Waals surface area contributed by atoms with Crippen LogP contribution in [0, 0.1) is 0 Å². The van der Waals surface area contributed by atoms with Crippen LogP contribution < -0.4 is 4.74 Å². The minimum Gasteiger partial charge on any atom is -0.496 e. The molecule has 192 valence electrons. The number of halogens is 2. The molecule has 2 heterocycles. The number of nitrogens with zero attached hydrogens (tertiary/aromatic N) is 5. The van der Waals surface area contributed by atoms with Crippen LogP contribution in [-0.2, 0) is 9.47 Å². The molecule has 1 aliphatic rings. The molecule has 1 fully saturated rings. The summed E-state index contributed by atoms with van der Waals surface area (Å²) in [5.74, 6) is 0.238. The van der Waals surface area contributed by atoms with Gasteiger partial charge in [0, 0.05) is 26.1 Å². The van der Waals surface area contributed by atoms with Gasteiger partial charge in [0.15, 0.2) is 6.29 Å². The predicted octanol–water partition coefficient (Wildman–Crippen LogP) is 4.77. The van der Waals surface area contributed by atoms with E-state index in [1.165, 1.54) is 18.1 Å². The fourth-order valence-electron chi connectivity index (χ4n) is 4.22. The SMILES string of the molecule is COc1ccc(-n2cnnn2)cc1C(=O)N(C)CC(CCOC1CCCCO1)c1ccc(Cl)c(Cl)c1. The van der Waals surface area contributed by atoms with Gasteiger partial charge >= 0.3 is 0 Å². The zero-order chi connectivity index (χ0) is 25.5. The van der Waals surface area contributed by atoms with Crippen LogP contribution in [-0.4, -0.2) is 71.2 Å². The molecule has 2 aromatic carbocycles. The molecular formula is C25H29Cl2N5O4. The predicted molar refractivity (Wildman–Crippen MR) is 136 cm³/mol. The Morgan fingerprint density at radius 2 is 2.08 bits per heavy atom. The lowest BCUT2D eigenvalue weighted by molar-refractivity contribution is -0.163. The average molecular weight is 534 g/mol. The lowest BCUT2D eigenvalue weighted by Crippen LogP contribution is -2.32. The van der Waals surface area contributed by atoms with Crippen molar-refractivity contribution >= 4 is 29.1 Å². The third kappa shape index (κ3) is 6.53. The summed E-state index contributed by atoms with van der Waals surface area (Å²) in [5, 5.41) is 12.2. The van der Waals surface area contributed by atoms with E-state index in [2.05, 4.69) is 15.5 Å². The highest BCUT2D eigenvalue weighted by Crippen LogP contribution is 2.30. The number of rotatable bonds is 10. The molecule has 0 radical (unpaired) electrons. The van der Waals surface area contributed by atoms with E-state index in [0.29, 0.717) is 46.6 Å². The zero-order valence-corrected chi connectivity index (χ0v) is 21.8. The molecule has 4 rings (SSSR count). The maximum absolute atomic E-state index is 13.5. The number of hydrogen-bond donors (Lipinski definition) is 0. The fraction of sp³-hybridized carbons (Fsp3) is 0.440. The minimum absolute atomic E-state index is 0.0361. The smallest absolute Gasteiger partial charge is 0.257 e. The van der Waals surface area contributed by atoms with Gasteiger partial charge < -0.3 is 19.1 Å². The van der Waals surface area contributed by atoms with E-state index >= 15 is 0 Å². The maximum atomic E-state index is 13.5. The van der Waals surface area contributed by atoms with Gasteiger partial charge in [-0.3, -0.25) is 4.79 Å². The topological polar surface area (TPSA) is 91.6 Å². The second-order valence-electron chi connectivity index (χ2n) is 8.65. The van der Waals surface area contributed by atoms with Crippen molar-refractivity contribution in [3.05, 3.63) is 63.9 Å². The van der Waals surface area contributed by atoms with E-state index < -0.39 is 0 Å². The van der Waals surface area contributed by atoms with Crippen LogP contribution in [0.15, 0.2) is 42.7 Å². The number of carbonyl (C=O) groups is 1. The molecule has 36 heavy (non-hydrogen) atoms. The largest absolute Gasteiger partial charge is 0.496 e. The van der Waals surface area contributed by atoms with Crippen molar-refractivity contribution < 1.29 is 19.0 Å². The van der Waals surface area contributed by atoms with Crippen LogP contribution in [0.2, 0.25) is 10.0 Å². The normalized spacial score (nSPS) is 16.5. The molecule has 0 bridgehead atoms. The zero-order valence-electron chi connectivity index (χ0n) is 20.3. The summed E-state index contributed by atoms with van der Waals surface area (Å²) in [7, 11) is 3.30. The van der Waals surface area contributed by atoms with Crippen LogP contribution in [0.4, 0.5) is 0 Å². The Labute approximate surface area is 220 Å². The average Bonchev–Trinajstić information content (AvgIpc) is 3.44. The molecule has 0 N–H and O–H groups in total. The molecule has 9 nitrogen and oxygen atoms in total. The molecule has 2 unspecified atom stereocenters. The first-order chi connectivity index (χ1) is 17.5. The number of methoxy groups -OCH3 is 1. The third-order valence-electron chi connectivity index (χ3n) is 6.19.